The van der Waals surface area contributed by atoms with E-state index in [0.717, 1.165) is 44.1 Å². The molecule has 2 aromatic rings. The third-order valence-electron chi connectivity index (χ3n) is 8.17. The van der Waals surface area contributed by atoms with E-state index in [-0.39, 0.29) is 35.7 Å². The lowest BCUT2D eigenvalue weighted by atomic mass is 9.68. The number of benzene rings is 2. The second kappa shape index (κ2) is 11.1. The van der Waals surface area contributed by atoms with Gasteiger partial charge in [0.2, 0.25) is 11.8 Å². The smallest absolute Gasteiger partial charge is 0.238 e. The summed E-state index contributed by atoms with van der Waals surface area (Å²) in [5, 5.41) is 10.3. The maximum Gasteiger partial charge on any atom is 0.238 e. The number of aromatic hydroxyl groups is 1. The molecule has 2 heterocycles. The zero-order chi connectivity index (χ0) is 25.9. The SMILES string of the molecule is CCCC1=C2[C@@H](CC/C(=C/c3ccccc3O)CCC)OC[C@@H]2[C@@H]2C(=O)N(c3ccccc3)C(=O)[C@@H]2C1. The molecule has 2 fully saturated rings. The van der Waals surface area contributed by atoms with Gasteiger partial charge in [-0.1, -0.05) is 80.3 Å². The van der Waals surface area contributed by atoms with E-state index in [0.29, 0.717) is 24.5 Å². The van der Waals surface area contributed by atoms with Crippen LogP contribution < -0.4 is 4.90 Å². The van der Waals surface area contributed by atoms with Crippen LogP contribution in [0, 0.1) is 17.8 Å². The number of rotatable bonds is 9. The topological polar surface area (TPSA) is 66.8 Å². The molecule has 1 aliphatic carbocycles. The van der Waals surface area contributed by atoms with E-state index in [1.165, 1.54) is 21.6 Å². The Kier molecular flexibility index (Phi) is 7.61. The Labute approximate surface area is 219 Å². The van der Waals surface area contributed by atoms with Crippen molar-refractivity contribution >= 4 is 23.6 Å². The number of phenolic OH excluding ortho intramolecular Hbond substituents is 1. The van der Waals surface area contributed by atoms with Crippen LogP contribution in [-0.2, 0) is 14.3 Å². The normalized spacial score (nSPS) is 25.6. The average molecular weight is 500 g/mol. The number of phenols is 1. The largest absolute Gasteiger partial charge is 0.507 e. The minimum atomic E-state index is -0.333. The van der Waals surface area contributed by atoms with Crippen LogP contribution in [0.15, 0.2) is 71.3 Å². The van der Waals surface area contributed by atoms with Crippen molar-refractivity contribution < 1.29 is 19.4 Å². The lowest BCUT2D eigenvalue weighted by Gasteiger charge is -2.32. The maximum absolute atomic E-state index is 13.6. The molecule has 0 unspecified atom stereocenters. The van der Waals surface area contributed by atoms with Gasteiger partial charge >= 0.3 is 0 Å². The Balaban J connectivity index is 1.39. The minimum absolute atomic E-state index is 0.0211. The van der Waals surface area contributed by atoms with Crippen LogP contribution in [0.3, 0.4) is 0 Å². The molecule has 4 atom stereocenters. The molecule has 0 aromatic heterocycles. The van der Waals surface area contributed by atoms with Crippen LogP contribution >= 0.6 is 0 Å². The second-order valence-electron chi connectivity index (χ2n) is 10.6. The van der Waals surface area contributed by atoms with Gasteiger partial charge in [0.25, 0.3) is 0 Å². The molecule has 5 rings (SSSR count). The van der Waals surface area contributed by atoms with Crippen molar-refractivity contribution in [1.82, 2.24) is 0 Å². The lowest BCUT2D eigenvalue weighted by molar-refractivity contribution is -0.122. The van der Waals surface area contributed by atoms with E-state index >= 15 is 0 Å². The molecule has 2 saturated heterocycles. The molecule has 1 N–H and O–H groups in total. The van der Waals surface area contributed by atoms with Crippen molar-refractivity contribution in [3.05, 3.63) is 76.9 Å². The Morgan fingerprint density at radius 1 is 0.973 bits per heavy atom. The molecule has 2 amide bonds. The van der Waals surface area contributed by atoms with E-state index in [1.54, 1.807) is 6.07 Å². The number of hydrogen-bond acceptors (Lipinski definition) is 4. The highest BCUT2D eigenvalue weighted by Crippen LogP contribution is 2.51. The zero-order valence-corrected chi connectivity index (χ0v) is 21.9. The van der Waals surface area contributed by atoms with E-state index in [9.17, 15) is 14.7 Å². The summed E-state index contributed by atoms with van der Waals surface area (Å²) < 4.78 is 6.40. The number of ether oxygens (including phenoxy) is 1. The molecule has 0 spiro atoms. The second-order valence-corrected chi connectivity index (χ2v) is 10.6. The van der Waals surface area contributed by atoms with Crippen LogP contribution in [0.2, 0.25) is 0 Å². The molecule has 2 aromatic carbocycles. The Bertz CT molecular complexity index is 1210. The molecule has 0 bridgehead atoms. The molecule has 194 valence electrons. The van der Waals surface area contributed by atoms with Crippen LogP contribution in [0.25, 0.3) is 6.08 Å². The first-order valence-electron chi connectivity index (χ1n) is 13.8. The number of amides is 2. The van der Waals surface area contributed by atoms with Gasteiger partial charge in [-0.25, -0.2) is 0 Å². The number of nitrogens with zero attached hydrogens (tertiary/aromatic N) is 1. The van der Waals surface area contributed by atoms with Gasteiger partial charge in [-0.2, -0.15) is 0 Å². The predicted octanol–water partition coefficient (Wildman–Crippen LogP) is 6.68. The van der Waals surface area contributed by atoms with Crippen molar-refractivity contribution in [2.75, 3.05) is 11.5 Å². The van der Waals surface area contributed by atoms with E-state index < -0.39 is 0 Å². The molecule has 0 radical (unpaired) electrons. The quantitative estimate of drug-likeness (QED) is 0.309. The summed E-state index contributed by atoms with van der Waals surface area (Å²) in [7, 11) is 0. The molecule has 37 heavy (non-hydrogen) atoms. The molecule has 0 saturated carbocycles. The maximum atomic E-state index is 13.6. The van der Waals surface area contributed by atoms with Gasteiger partial charge in [0.1, 0.15) is 5.75 Å². The lowest BCUT2D eigenvalue weighted by Crippen LogP contribution is -2.34. The Morgan fingerprint density at radius 3 is 2.46 bits per heavy atom. The summed E-state index contributed by atoms with van der Waals surface area (Å²) in [5.74, 6) is -0.482. The summed E-state index contributed by atoms with van der Waals surface area (Å²) in [6.07, 6.45) is 8.42. The van der Waals surface area contributed by atoms with Crippen LogP contribution in [0.5, 0.6) is 5.75 Å². The number of carbonyl (C=O) groups excluding carboxylic acids is 2. The summed E-state index contributed by atoms with van der Waals surface area (Å²) in [6.45, 7) is 4.85. The highest BCUT2D eigenvalue weighted by Gasteiger charge is 2.57. The van der Waals surface area contributed by atoms with E-state index in [1.807, 2.05) is 48.5 Å². The van der Waals surface area contributed by atoms with Crippen molar-refractivity contribution in [3.63, 3.8) is 0 Å². The zero-order valence-electron chi connectivity index (χ0n) is 21.9. The van der Waals surface area contributed by atoms with Gasteiger partial charge in [0, 0.05) is 11.5 Å². The minimum Gasteiger partial charge on any atom is -0.507 e. The highest BCUT2D eigenvalue weighted by atomic mass is 16.5. The molecule has 3 aliphatic rings. The summed E-state index contributed by atoms with van der Waals surface area (Å²) >= 11 is 0. The van der Waals surface area contributed by atoms with Gasteiger partial charge in [-0.3, -0.25) is 14.5 Å². The Hall–Kier alpha value is -3.18. The van der Waals surface area contributed by atoms with Crippen molar-refractivity contribution in [3.8, 4) is 5.75 Å². The van der Waals surface area contributed by atoms with Crippen molar-refractivity contribution in [2.45, 2.75) is 64.9 Å². The molecule has 5 heteroatoms. The number of allylic oxidation sites excluding steroid dienone is 2. The number of imide groups is 1. The molecule has 2 aliphatic heterocycles. The molecule has 5 nitrogen and oxygen atoms in total. The van der Waals surface area contributed by atoms with Crippen molar-refractivity contribution in [1.29, 1.82) is 0 Å². The standard InChI is InChI=1S/C32H37NO4/c1-3-10-21(18-22-12-8-9-15-27(22)34)16-17-28-29-23(11-4-2)19-25-30(26(29)20-37-28)32(36)33(31(25)35)24-13-6-5-7-14-24/h5-9,12-15,18,25-26,28,30,34H,3-4,10-11,16-17,19-20H2,1-2H3/b21-18+/t25-,26+,28-,30-/m1/s1. The van der Waals surface area contributed by atoms with Crippen LogP contribution in [-0.4, -0.2) is 29.6 Å². The number of anilines is 1. The third kappa shape index (κ3) is 4.89. The fraction of sp³-hybridized carbons (Fsp3) is 0.438. The van der Waals surface area contributed by atoms with Gasteiger partial charge in [-0.05, 0) is 55.9 Å². The van der Waals surface area contributed by atoms with Gasteiger partial charge < -0.3 is 9.84 Å². The van der Waals surface area contributed by atoms with E-state index in [4.69, 9.17) is 4.74 Å². The average Bonchev–Trinajstić information content (AvgIpc) is 3.43. The summed E-state index contributed by atoms with van der Waals surface area (Å²) in [5.41, 5.74) is 5.43. The fourth-order valence-electron chi connectivity index (χ4n) is 6.58. The van der Waals surface area contributed by atoms with Gasteiger partial charge in [-0.15, -0.1) is 0 Å². The Morgan fingerprint density at radius 2 is 1.73 bits per heavy atom. The fourth-order valence-corrected chi connectivity index (χ4v) is 6.58. The number of carbonyl (C=O) groups is 2. The van der Waals surface area contributed by atoms with Crippen LogP contribution in [0.1, 0.15) is 64.4 Å². The highest BCUT2D eigenvalue weighted by molar-refractivity contribution is 6.22. The molecular formula is C32H37NO4. The first kappa shape index (κ1) is 25.5. The summed E-state index contributed by atoms with van der Waals surface area (Å²) in [4.78, 5) is 28.5. The van der Waals surface area contributed by atoms with E-state index in [2.05, 4.69) is 19.9 Å². The number of hydrogen-bond donors (Lipinski definition) is 1. The number of para-hydroxylation sites is 2. The monoisotopic (exact) mass is 499 g/mol. The van der Waals surface area contributed by atoms with Gasteiger partial charge in [0.15, 0.2) is 0 Å². The van der Waals surface area contributed by atoms with Crippen molar-refractivity contribution in [2.24, 2.45) is 17.8 Å². The molecular weight excluding hydrogens is 462 g/mol. The van der Waals surface area contributed by atoms with Gasteiger partial charge in [0.05, 0.1) is 30.2 Å². The first-order chi connectivity index (χ1) is 18.0. The predicted molar refractivity (Wildman–Crippen MR) is 146 cm³/mol. The van der Waals surface area contributed by atoms with Crippen LogP contribution in [0.4, 0.5) is 5.69 Å². The summed E-state index contributed by atoms with van der Waals surface area (Å²) in [6, 6.07) is 16.8. The number of fused-ring (bicyclic) bond motifs is 3. The third-order valence-corrected chi connectivity index (χ3v) is 8.17. The first-order valence-corrected chi connectivity index (χ1v) is 13.8.